The molecule has 32 heavy (non-hydrogen) atoms. The number of carbonyl (C=O) groups excluding carboxylic acids is 2. The van der Waals surface area contributed by atoms with E-state index in [1.165, 1.54) is 0 Å². The van der Waals surface area contributed by atoms with Crippen LogP contribution in [-0.4, -0.2) is 26.4 Å². The molecule has 0 aliphatic rings. The second-order valence-electron chi connectivity index (χ2n) is 9.20. The zero-order valence-electron chi connectivity index (χ0n) is 20.3. The molecule has 2 rings (SSSR count). The van der Waals surface area contributed by atoms with Gasteiger partial charge < -0.3 is 14.8 Å². The van der Waals surface area contributed by atoms with Crippen molar-refractivity contribution in [3.63, 3.8) is 0 Å². The SMILES string of the molecule is CCCCCC(CC(=O)Nc1cc(C=O)ccc1C(C)(C)C)c1cccc(OC)c1OC. The van der Waals surface area contributed by atoms with Gasteiger partial charge in [-0.25, -0.2) is 0 Å². The Kier molecular flexibility index (Phi) is 9.30. The lowest BCUT2D eigenvalue weighted by Crippen LogP contribution is -2.21. The molecule has 0 fully saturated rings. The van der Waals surface area contributed by atoms with Crippen LogP contribution >= 0.6 is 0 Å². The van der Waals surface area contributed by atoms with Gasteiger partial charge in [0.2, 0.25) is 5.91 Å². The summed E-state index contributed by atoms with van der Waals surface area (Å²) in [4.78, 5) is 24.5. The zero-order valence-corrected chi connectivity index (χ0v) is 20.3. The summed E-state index contributed by atoms with van der Waals surface area (Å²) >= 11 is 0. The van der Waals surface area contributed by atoms with E-state index in [-0.39, 0.29) is 17.2 Å². The summed E-state index contributed by atoms with van der Waals surface area (Å²) < 4.78 is 11.1. The molecule has 2 aromatic carbocycles. The highest BCUT2D eigenvalue weighted by Crippen LogP contribution is 2.39. The number of unbranched alkanes of at least 4 members (excludes halogenated alkanes) is 2. The van der Waals surface area contributed by atoms with Crippen molar-refractivity contribution in [1.29, 1.82) is 0 Å². The Morgan fingerprint density at radius 3 is 2.44 bits per heavy atom. The molecule has 5 nitrogen and oxygen atoms in total. The van der Waals surface area contributed by atoms with Gasteiger partial charge in [0.1, 0.15) is 6.29 Å². The largest absolute Gasteiger partial charge is 0.493 e. The van der Waals surface area contributed by atoms with Crippen molar-refractivity contribution >= 4 is 17.9 Å². The number of methoxy groups -OCH3 is 2. The van der Waals surface area contributed by atoms with E-state index in [4.69, 9.17) is 9.47 Å². The average molecular weight is 440 g/mol. The first-order valence-electron chi connectivity index (χ1n) is 11.4. The number of rotatable bonds is 11. The number of anilines is 1. The number of para-hydroxylation sites is 1. The minimum Gasteiger partial charge on any atom is -0.493 e. The quantitative estimate of drug-likeness (QED) is 0.320. The van der Waals surface area contributed by atoms with E-state index in [1.807, 2.05) is 24.3 Å². The number of aldehydes is 1. The molecule has 0 aliphatic carbocycles. The number of hydrogen-bond donors (Lipinski definition) is 1. The van der Waals surface area contributed by atoms with Crippen molar-refractivity contribution in [3.8, 4) is 11.5 Å². The lowest BCUT2D eigenvalue weighted by molar-refractivity contribution is -0.116. The van der Waals surface area contributed by atoms with Crippen LogP contribution in [0.25, 0.3) is 0 Å². The third-order valence-electron chi connectivity index (χ3n) is 5.72. The van der Waals surface area contributed by atoms with Crippen molar-refractivity contribution in [2.75, 3.05) is 19.5 Å². The molecule has 0 saturated heterocycles. The Morgan fingerprint density at radius 1 is 1.09 bits per heavy atom. The van der Waals surface area contributed by atoms with E-state index < -0.39 is 0 Å². The second-order valence-corrected chi connectivity index (χ2v) is 9.20. The minimum atomic E-state index is -0.166. The van der Waals surface area contributed by atoms with Crippen LogP contribution in [0.1, 0.15) is 87.2 Å². The third-order valence-corrected chi connectivity index (χ3v) is 5.72. The number of nitrogens with one attached hydrogen (secondary N) is 1. The van der Waals surface area contributed by atoms with Gasteiger partial charge in [-0.15, -0.1) is 0 Å². The fraction of sp³-hybridized carbons (Fsp3) is 0.481. The molecule has 5 heteroatoms. The van der Waals surface area contributed by atoms with E-state index in [0.717, 1.165) is 43.1 Å². The molecule has 0 aliphatic heterocycles. The van der Waals surface area contributed by atoms with Gasteiger partial charge in [-0.3, -0.25) is 9.59 Å². The maximum Gasteiger partial charge on any atom is 0.224 e. The van der Waals surface area contributed by atoms with Crippen LogP contribution in [0.5, 0.6) is 11.5 Å². The number of amides is 1. The molecule has 0 spiro atoms. The highest BCUT2D eigenvalue weighted by molar-refractivity contribution is 5.93. The predicted molar refractivity (Wildman–Crippen MR) is 130 cm³/mol. The lowest BCUT2D eigenvalue weighted by Gasteiger charge is -2.25. The molecule has 0 saturated carbocycles. The average Bonchev–Trinajstić information content (AvgIpc) is 2.76. The van der Waals surface area contributed by atoms with Gasteiger partial charge in [0.05, 0.1) is 14.2 Å². The summed E-state index contributed by atoms with van der Waals surface area (Å²) in [7, 11) is 3.25. The zero-order chi connectivity index (χ0) is 23.7. The fourth-order valence-corrected chi connectivity index (χ4v) is 4.06. The summed E-state index contributed by atoms with van der Waals surface area (Å²) in [5.41, 5.74) is 3.05. The third kappa shape index (κ3) is 6.59. The van der Waals surface area contributed by atoms with Crippen molar-refractivity contribution in [3.05, 3.63) is 53.1 Å². The highest BCUT2D eigenvalue weighted by Gasteiger charge is 2.24. The van der Waals surface area contributed by atoms with Crippen LogP contribution in [0, 0.1) is 0 Å². The maximum absolute atomic E-state index is 13.2. The normalized spacial score (nSPS) is 12.2. The van der Waals surface area contributed by atoms with Crippen molar-refractivity contribution in [2.45, 2.75) is 71.1 Å². The standard InChI is InChI=1S/C27H37NO4/c1-7-8-9-11-20(21-12-10-13-24(31-5)26(21)32-6)17-25(30)28-23-16-19(18-29)14-15-22(23)27(2,3)4/h10,12-16,18,20H,7-9,11,17H2,1-6H3,(H,28,30). The maximum atomic E-state index is 13.2. The van der Waals surface area contributed by atoms with Crippen LogP contribution in [0.4, 0.5) is 5.69 Å². The van der Waals surface area contributed by atoms with Crippen LogP contribution < -0.4 is 14.8 Å². The summed E-state index contributed by atoms with van der Waals surface area (Å²) in [5, 5.41) is 3.08. The Bertz CT molecular complexity index is 914. The molecule has 174 valence electrons. The van der Waals surface area contributed by atoms with Gasteiger partial charge in [0.25, 0.3) is 0 Å². The monoisotopic (exact) mass is 439 g/mol. The Morgan fingerprint density at radius 2 is 1.84 bits per heavy atom. The number of carbonyl (C=O) groups is 2. The molecule has 0 aromatic heterocycles. The van der Waals surface area contributed by atoms with E-state index in [2.05, 4.69) is 33.0 Å². The first-order valence-corrected chi connectivity index (χ1v) is 11.4. The number of hydrogen-bond acceptors (Lipinski definition) is 4. The molecule has 1 N–H and O–H groups in total. The van der Waals surface area contributed by atoms with Crippen molar-refractivity contribution < 1.29 is 19.1 Å². The summed E-state index contributed by atoms with van der Waals surface area (Å²) in [6.07, 6.45) is 5.26. The highest BCUT2D eigenvalue weighted by atomic mass is 16.5. The topological polar surface area (TPSA) is 64.6 Å². The van der Waals surface area contributed by atoms with Gasteiger partial charge in [0.15, 0.2) is 11.5 Å². The fourth-order valence-electron chi connectivity index (χ4n) is 4.06. The van der Waals surface area contributed by atoms with Crippen LogP contribution in [0.2, 0.25) is 0 Å². The Labute approximate surface area is 192 Å². The smallest absolute Gasteiger partial charge is 0.224 e. The van der Waals surface area contributed by atoms with Gasteiger partial charge >= 0.3 is 0 Å². The van der Waals surface area contributed by atoms with Crippen molar-refractivity contribution in [1.82, 2.24) is 0 Å². The minimum absolute atomic E-state index is 0.000981. The van der Waals surface area contributed by atoms with Crippen LogP contribution in [0.15, 0.2) is 36.4 Å². The van der Waals surface area contributed by atoms with Crippen molar-refractivity contribution in [2.24, 2.45) is 0 Å². The molecule has 0 bridgehead atoms. The molecule has 2 aromatic rings. The van der Waals surface area contributed by atoms with Gasteiger partial charge in [-0.05, 0) is 35.4 Å². The molecule has 0 radical (unpaired) electrons. The van der Waals surface area contributed by atoms with E-state index in [1.54, 1.807) is 26.4 Å². The summed E-state index contributed by atoms with van der Waals surface area (Å²) in [6, 6.07) is 11.3. The first kappa shape index (κ1) is 25.4. The van der Waals surface area contributed by atoms with E-state index in [0.29, 0.717) is 29.2 Å². The van der Waals surface area contributed by atoms with Gasteiger partial charge in [-0.1, -0.05) is 71.2 Å². The summed E-state index contributed by atoms with van der Waals surface area (Å²) in [6.45, 7) is 8.44. The van der Waals surface area contributed by atoms with Gasteiger partial charge in [-0.2, -0.15) is 0 Å². The van der Waals surface area contributed by atoms with E-state index >= 15 is 0 Å². The number of benzene rings is 2. The summed E-state index contributed by atoms with van der Waals surface area (Å²) in [5.74, 6) is 1.27. The molecule has 1 amide bonds. The molecule has 1 unspecified atom stereocenters. The second kappa shape index (κ2) is 11.7. The molecular formula is C27H37NO4. The Hall–Kier alpha value is -2.82. The van der Waals surface area contributed by atoms with Gasteiger partial charge in [0, 0.05) is 23.2 Å². The number of ether oxygens (including phenoxy) is 2. The lowest BCUT2D eigenvalue weighted by atomic mass is 9.85. The van der Waals surface area contributed by atoms with Crippen LogP contribution in [-0.2, 0) is 10.2 Å². The van der Waals surface area contributed by atoms with E-state index in [9.17, 15) is 9.59 Å². The Balaban J connectivity index is 2.34. The first-order chi connectivity index (χ1) is 15.2. The molecule has 1 atom stereocenters. The predicted octanol–water partition coefficient (Wildman–Crippen LogP) is 6.51. The van der Waals surface area contributed by atoms with Crippen LogP contribution in [0.3, 0.4) is 0 Å². The molecule has 0 heterocycles. The molecular weight excluding hydrogens is 402 g/mol.